The normalized spacial score (nSPS) is 10.5. The second kappa shape index (κ2) is 9.04. The standard InChI is InChI=1S/C21H25NO4/c1-14(2)18-7-5-6-8-19(18)22-20(23)12-26-21(24)13-25-17-10-15(3)9-16(4)11-17/h5-11,14H,12-13H2,1-4H3,(H,22,23). The number of hydrogen-bond acceptors (Lipinski definition) is 4. The molecule has 0 radical (unpaired) electrons. The number of benzene rings is 2. The van der Waals surface area contributed by atoms with Gasteiger partial charge in [0.1, 0.15) is 5.75 Å². The van der Waals surface area contributed by atoms with Gasteiger partial charge in [-0.05, 0) is 54.7 Å². The summed E-state index contributed by atoms with van der Waals surface area (Å²) in [5.74, 6) is -0.0793. The molecule has 0 saturated carbocycles. The molecule has 138 valence electrons. The summed E-state index contributed by atoms with van der Waals surface area (Å²) in [6, 6.07) is 13.3. The van der Waals surface area contributed by atoms with Crippen LogP contribution in [-0.2, 0) is 14.3 Å². The van der Waals surface area contributed by atoms with Crippen molar-refractivity contribution in [2.45, 2.75) is 33.6 Å². The third-order valence-corrected chi connectivity index (χ3v) is 3.77. The number of carbonyl (C=O) groups is 2. The van der Waals surface area contributed by atoms with Gasteiger partial charge in [0, 0.05) is 5.69 Å². The van der Waals surface area contributed by atoms with Gasteiger partial charge in [0.2, 0.25) is 0 Å². The first-order valence-corrected chi connectivity index (χ1v) is 8.60. The van der Waals surface area contributed by atoms with E-state index in [9.17, 15) is 9.59 Å². The number of nitrogens with one attached hydrogen (secondary N) is 1. The molecular weight excluding hydrogens is 330 g/mol. The topological polar surface area (TPSA) is 64.6 Å². The number of ether oxygens (including phenoxy) is 2. The fourth-order valence-corrected chi connectivity index (χ4v) is 2.65. The highest BCUT2D eigenvalue weighted by atomic mass is 16.6. The lowest BCUT2D eigenvalue weighted by molar-refractivity contribution is -0.149. The first kappa shape index (κ1) is 19.5. The maximum Gasteiger partial charge on any atom is 0.344 e. The van der Waals surface area contributed by atoms with E-state index in [0.717, 1.165) is 22.4 Å². The van der Waals surface area contributed by atoms with E-state index in [4.69, 9.17) is 9.47 Å². The Morgan fingerprint density at radius 3 is 2.31 bits per heavy atom. The van der Waals surface area contributed by atoms with Gasteiger partial charge in [0.05, 0.1) is 0 Å². The van der Waals surface area contributed by atoms with Crippen LogP contribution >= 0.6 is 0 Å². The summed E-state index contributed by atoms with van der Waals surface area (Å²) in [5.41, 5.74) is 3.87. The van der Waals surface area contributed by atoms with Crippen molar-refractivity contribution in [3.63, 3.8) is 0 Å². The first-order valence-electron chi connectivity index (χ1n) is 8.60. The Morgan fingerprint density at radius 1 is 1.00 bits per heavy atom. The van der Waals surface area contributed by atoms with E-state index in [0.29, 0.717) is 5.75 Å². The molecule has 26 heavy (non-hydrogen) atoms. The molecule has 0 spiro atoms. The van der Waals surface area contributed by atoms with Gasteiger partial charge in [-0.2, -0.15) is 0 Å². The highest BCUT2D eigenvalue weighted by Crippen LogP contribution is 2.23. The predicted molar refractivity (Wildman–Crippen MR) is 102 cm³/mol. The van der Waals surface area contributed by atoms with E-state index in [1.54, 1.807) is 0 Å². The lowest BCUT2D eigenvalue weighted by atomic mass is 10.0. The summed E-state index contributed by atoms with van der Waals surface area (Å²) in [7, 11) is 0. The second-order valence-corrected chi connectivity index (χ2v) is 6.56. The number of esters is 1. The average Bonchev–Trinajstić information content (AvgIpc) is 2.57. The van der Waals surface area contributed by atoms with Crippen LogP contribution in [0.3, 0.4) is 0 Å². The minimum atomic E-state index is -0.587. The lowest BCUT2D eigenvalue weighted by Crippen LogP contribution is -2.24. The van der Waals surface area contributed by atoms with Crippen molar-refractivity contribution >= 4 is 17.6 Å². The summed E-state index contributed by atoms with van der Waals surface area (Å²) in [5, 5.41) is 2.78. The van der Waals surface area contributed by atoms with Gasteiger partial charge in [-0.15, -0.1) is 0 Å². The maximum absolute atomic E-state index is 12.0. The van der Waals surface area contributed by atoms with Crippen LogP contribution in [0, 0.1) is 13.8 Å². The lowest BCUT2D eigenvalue weighted by Gasteiger charge is -2.13. The summed E-state index contributed by atoms with van der Waals surface area (Å²) in [4.78, 5) is 23.8. The fourth-order valence-electron chi connectivity index (χ4n) is 2.65. The highest BCUT2D eigenvalue weighted by Gasteiger charge is 2.12. The highest BCUT2D eigenvalue weighted by molar-refractivity contribution is 5.93. The number of hydrogen-bond donors (Lipinski definition) is 1. The molecule has 0 aliphatic heterocycles. The molecule has 0 bridgehead atoms. The smallest absolute Gasteiger partial charge is 0.344 e. The van der Waals surface area contributed by atoms with Crippen LogP contribution in [0.5, 0.6) is 5.75 Å². The zero-order chi connectivity index (χ0) is 19.1. The van der Waals surface area contributed by atoms with E-state index in [1.807, 2.05) is 56.3 Å². The Hall–Kier alpha value is -2.82. The van der Waals surface area contributed by atoms with Gasteiger partial charge >= 0.3 is 5.97 Å². The van der Waals surface area contributed by atoms with Crippen molar-refractivity contribution in [2.75, 3.05) is 18.5 Å². The van der Waals surface area contributed by atoms with Crippen molar-refractivity contribution in [3.05, 3.63) is 59.2 Å². The molecule has 0 fully saturated rings. The van der Waals surface area contributed by atoms with Gasteiger partial charge in [-0.25, -0.2) is 4.79 Å². The minimum Gasteiger partial charge on any atom is -0.482 e. The molecule has 5 heteroatoms. The van der Waals surface area contributed by atoms with Crippen molar-refractivity contribution in [1.29, 1.82) is 0 Å². The maximum atomic E-state index is 12.0. The van der Waals surface area contributed by atoms with E-state index in [1.165, 1.54) is 0 Å². The van der Waals surface area contributed by atoms with Gasteiger partial charge in [0.15, 0.2) is 13.2 Å². The van der Waals surface area contributed by atoms with Crippen LogP contribution in [-0.4, -0.2) is 25.1 Å². The van der Waals surface area contributed by atoms with Gasteiger partial charge in [0.25, 0.3) is 5.91 Å². The number of aryl methyl sites for hydroxylation is 2. The summed E-state index contributed by atoms with van der Waals surface area (Å²) in [6.07, 6.45) is 0. The van der Waals surface area contributed by atoms with Crippen LogP contribution < -0.4 is 10.1 Å². The zero-order valence-corrected chi connectivity index (χ0v) is 15.7. The second-order valence-electron chi connectivity index (χ2n) is 6.56. The molecule has 0 unspecified atom stereocenters. The largest absolute Gasteiger partial charge is 0.482 e. The molecule has 0 atom stereocenters. The predicted octanol–water partition coefficient (Wildman–Crippen LogP) is 3.99. The summed E-state index contributed by atoms with van der Waals surface area (Å²) in [6.45, 7) is 7.43. The van der Waals surface area contributed by atoms with Gasteiger partial charge in [-0.1, -0.05) is 38.1 Å². The average molecular weight is 355 g/mol. The number of carbonyl (C=O) groups excluding carboxylic acids is 2. The first-order chi connectivity index (χ1) is 12.3. The zero-order valence-electron chi connectivity index (χ0n) is 15.7. The summed E-state index contributed by atoms with van der Waals surface area (Å²) >= 11 is 0. The molecule has 2 aromatic rings. The van der Waals surface area contributed by atoms with Crippen molar-refractivity contribution < 1.29 is 19.1 Å². The molecule has 0 aromatic heterocycles. The minimum absolute atomic E-state index is 0.237. The molecule has 1 amide bonds. The van der Waals surface area contributed by atoms with Crippen molar-refractivity contribution in [1.82, 2.24) is 0 Å². The SMILES string of the molecule is Cc1cc(C)cc(OCC(=O)OCC(=O)Nc2ccccc2C(C)C)c1. The van der Waals surface area contributed by atoms with E-state index in [-0.39, 0.29) is 25.0 Å². The summed E-state index contributed by atoms with van der Waals surface area (Å²) < 4.78 is 10.4. The third-order valence-electron chi connectivity index (χ3n) is 3.77. The number of anilines is 1. The molecule has 1 N–H and O–H groups in total. The Kier molecular flexibility index (Phi) is 6.78. The van der Waals surface area contributed by atoms with Crippen molar-refractivity contribution in [3.8, 4) is 5.75 Å². The molecule has 0 aliphatic rings. The quantitative estimate of drug-likeness (QED) is 0.763. The Balaban J connectivity index is 1.81. The molecule has 5 nitrogen and oxygen atoms in total. The Bertz CT molecular complexity index is 763. The molecular formula is C21H25NO4. The van der Waals surface area contributed by atoms with Crippen molar-refractivity contribution in [2.24, 2.45) is 0 Å². The molecule has 0 heterocycles. The molecule has 0 saturated heterocycles. The molecule has 0 aliphatic carbocycles. The van der Waals surface area contributed by atoms with Crippen LogP contribution in [0.25, 0.3) is 0 Å². The Morgan fingerprint density at radius 2 is 1.65 bits per heavy atom. The molecule has 2 aromatic carbocycles. The van der Waals surface area contributed by atoms with E-state index < -0.39 is 5.97 Å². The van der Waals surface area contributed by atoms with Crippen LogP contribution in [0.15, 0.2) is 42.5 Å². The van der Waals surface area contributed by atoms with Gasteiger partial charge in [-0.3, -0.25) is 4.79 Å². The number of amides is 1. The van der Waals surface area contributed by atoms with Gasteiger partial charge < -0.3 is 14.8 Å². The van der Waals surface area contributed by atoms with Crippen LogP contribution in [0.4, 0.5) is 5.69 Å². The fraction of sp³-hybridized carbons (Fsp3) is 0.333. The molecule has 2 rings (SSSR count). The number of rotatable bonds is 7. The monoisotopic (exact) mass is 355 g/mol. The van der Waals surface area contributed by atoms with E-state index in [2.05, 4.69) is 19.2 Å². The third kappa shape index (κ3) is 5.92. The van der Waals surface area contributed by atoms with Crippen LogP contribution in [0.1, 0.15) is 36.5 Å². The van der Waals surface area contributed by atoms with E-state index >= 15 is 0 Å². The Labute approximate surface area is 154 Å². The van der Waals surface area contributed by atoms with Crippen LogP contribution in [0.2, 0.25) is 0 Å². The number of para-hydroxylation sites is 1.